The molecule has 4 rings (SSSR count). The van der Waals surface area contributed by atoms with E-state index in [0.717, 1.165) is 5.56 Å². The predicted molar refractivity (Wildman–Crippen MR) is 102 cm³/mol. The van der Waals surface area contributed by atoms with Gasteiger partial charge in [-0.2, -0.15) is 0 Å². The molecule has 0 saturated carbocycles. The van der Waals surface area contributed by atoms with Crippen molar-refractivity contribution in [3.8, 4) is 11.1 Å². The Hall–Kier alpha value is -2.65. The molecule has 8 heteroatoms. The Kier molecular flexibility index (Phi) is 5.18. The van der Waals surface area contributed by atoms with Gasteiger partial charge in [-0.25, -0.2) is 4.39 Å². The van der Waals surface area contributed by atoms with Crippen molar-refractivity contribution in [1.29, 1.82) is 0 Å². The molecule has 1 fully saturated rings. The number of carbonyl (C=O) groups is 2. The molecule has 2 aliphatic rings. The van der Waals surface area contributed by atoms with Crippen LogP contribution in [0.2, 0.25) is 0 Å². The highest BCUT2D eigenvalue weighted by molar-refractivity contribution is 6.25. The number of rotatable bonds is 4. The van der Waals surface area contributed by atoms with Gasteiger partial charge in [0.15, 0.2) is 5.78 Å². The Labute approximate surface area is 166 Å². The van der Waals surface area contributed by atoms with E-state index in [1.54, 1.807) is 30.3 Å². The molecule has 0 aromatic heterocycles. The van der Waals surface area contributed by atoms with E-state index in [1.807, 2.05) is 12.1 Å². The Morgan fingerprint density at radius 2 is 1.59 bits per heavy atom. The number of alkyl halides is 1. The fraction of sp³-hybridized carbons (Fsp3) is 0.333. The zero-order valence-corrected chi connectivity index (χ0v) is 15.4. The maximum absolute atomic E-state index is 13.0. The number of benzene rings is 2. The number of aliphatic hydroxyl groups is 3. The van der Waals surface area contributed by atoms with Crippen LogP contribution in [0.25, 0.3) is 11.1 Å². The lowest BCUT2D eigenvalue weighted by Gasteiger charge is -2.40. The molecule has 1 amide bonds. The largest absolute Gasteiger partial charge is 0.389 e. The maximum atomic E-state index is 13.0. The fourth-order valence-electron chi connectivity index (χ4n) is 4.02. The molecule has 1 aliphatic carbocycles. The second-order valence-electron chi connectivity index (χ2n) is 7.32. The molecule has 29 heavy (non-hydrogen) atoms. The molecule has 1 heterocycles. The maximum Gasteiger partial charge on any atom is 0.252 e. The summed E-state index contributed by atoms with van der Waals surface area (Å²) in [5.41, 5.74) is 2.52. The SMILES string of the molecule is O=C(NC[C@H]1N[C@@H](CF)[C@@H](O)[C@@H](O)[C@@H]1O)c1cccc2c1C(=O)c1ccccc1-2. The molecule has 0 spiro atoms. The smallest absolute Gasteiger partial charge is 0.252 e. The van der Waals surface area contributed by atoms with E-state index in [-0.39, 0.29) is 17.9 Å². The van der Waals surface area contributed by atoms with Crippen molar-refractivity contribution in [1.82, 2.24) is 10.6 Å². The summed E-state index contributed by atoms with van der Waals surface area (Å²) in [6, 6.07) is 10.2. The molecule has 0 unspecified atom stereocenters. The second kappa shape index (κ2) is 7.64. The van der Waals surface area contributed by atoms with E-state index in [4.69, 9.17) is 0 Å². The van der Waals surface area contributed by atoms with Gasteiger partial charge in [-0.15, -0.1) is 0 Å². The van der Waals surface area contributed by atoms with Gasteiger partial charge in [-0.05, 0) is 17.2 Å². The van der Waals surface area contributed by atoms with Gasteiger partial charge in [0, 0.05) is 17.7 Å². The standard InChI is InChI=1S/C21H21FN2O5/c22-8-14-18(26)20(28)19(27)15(24-14)9-23-21(29)13-7-3-6-11-10-4-1-2-5-12(10)17(25)16(11)13/h1-7,14-15,18-20,24,26-28H,8-9H2,(H,23,29)/t14-,15+,18+,19+,20+/m0/s1. The van der Waals surface area contributed by atoms with Crippen LogP contribution in [0.4, 0.5) is 4.39 Å². The molecule has 2 aromatic carbocycles. The van der Waals surface area contributed by atoms with Crippen LogP contribution in [0.15, 0.2) is 42.5 Å². The van der Waals surface area contributed by atoms with Gasteiger partial charge in [0.25, 0.3) is 5.91 Å². The van der Waals surface area contributed by atoms with Crippen molar-refractivity contribution in [2.24, 2.45) is 0 Å². The Morgan fingerprint density at radius 3 is 2.31 bits per heavy atom. The Bertz CT molecular complexity index is 964. The topological polar surface area (TPSA) is 119 Å². The van der Waals surface area contributed by atoms with E-state index >= 15 is 0 Å². The van der Waals surface area contributed by atoms with Crippen LogP contribution in [0.1, 0.15) is 26.3 Å². The zero-order chi connectivity index (χ0) is 20.7. The average molecular weight is 400 g/mol. The predicted octanol–water partition coefficient (Wildman–Crippen LogP) is 0.0204. The molecule has 5 atom stereocenters. The minimum absolute atomic E-state index is 0.120. The third kappa shape index (κ3) is 3.24. The molecule has 5 N–H and O–H groups in total. The number of aliphatic hydroxyl groups excluding tert-OH is 3. The van der Waals surface area contributed by atoms with Crippen molar-refractivity contribution >= 4 is 11.7 Å². The average Bonchev–Trinajstić information content (AvgIpc) is 3.04. The molecular weight excluding hydrogens is 379 g/mol. The van der Waals surface area contributed by atoms with Crippen LogP contribution in [0.3, 0.4) is 0 Å². The van der Waals surface area contributed by atoms with E-state index in [2.05, 4.69) is 10.6 Å². The number of hydrogen-bond donors (Lipinski definition) is 5. The molecule has 152 valence electrons. The van der Waals surface area contributed by atoms with E-state index in [0.29, 0.717) is 16.7 Å². The number of fused-ring (bicyclic) bond motifs is 3. The lowest BCUT2D eigenvalue weighted by atomic mass is 9.90. The Balaban J connectivity index is 1.53. The summed E-state index contributed by atoms with van der Waals surface area (Å²) >= 11 is 0. The van der Waals surface area contributed by atoms with Crippen LogP contribution in [-0.2, 0) is 0 Å². The fourth-order valence-corrected chi connectivity index (χ4v) is 4.02. The monoisotopic (exact) mass is 400 g/mol. The summed E-state index contributed by atoms with van der Waals surface area (Å²) in [6.07, 6.45) is -4.37. The first-order chi connectivity index (χ1) is 13.9. The van der Waals surface area contributed by atoms with Gasteiger partial charge in [0.05, 0.1) is 23.8 Å². The number of amides is 1. The van der Waals surface area contributed by atoms with Gasteiger partial charge in [0.1, 0.15) is 18.9 Å². The first-order valence-electron chi connectivity index (χ1n) is 9.35. The summed E-state index contributed by atoms with van der Waals surface area (Å²) in [4.78, 5) is 25.6. The van der Waals surface area contributed by atoms with Crippen molar-refractivity contribution in [3.63, 3.8) is 0 Å². The lowest BCUT2D eigenvalue weighted by molar-refractivity contribution is -0.114. The van der Waals surface area contributed by atoms with Crippen LogP contribution < -0.4 is 10.6 Å². The second-order valence-corrected chi connectivity index (χ2v) is 7.32. The molecule has 2 aromatic rings. The number of ketones is 1. The van der Waals surface area contributed by atoms with Gasteiger partial charge in [-0.3, -0.25) is 9.59 Å². The Morgan fingerprint density at radius 1 is 0.931 bits per heavy atom. The normalized spacial score (nSPS) is 28.0. The molecule has 7 nitrogen and oxygen atoms in total. The van der Waals surface area contributed by atoms with Crippen molar-refractivity contribution in [2.75, 3.05) is 13.2 Å². The molecule has 1 saturated heterocycles. The molecule has 1 aliphatic heterocycles. The summed E-state index contributed by atoms with van der Waals surface area (Å²) < 4.78 is 13.0. The lowest BCUT2D eigenvalue weighted by Crippen LogP contribution is -2.67. The van der Waals surface area contributed by atoms with Gasteiger partial charge < -0.3 is 26.0 Å². The minimum atomic E-state index is -1.53. The third-order valence-corrected chi connectivity index (χ3v) is 5.60. The van der Waals surface area contributed by atoms with Gasteiger partial charge in [0.2, 0.25) is 0 Å². The molecule has 0 radical (unpaired) electrons. The van der Waals surface area contributed by atoms with Crippen molar-refractivity contribution < 1.29 is 29.3 Å². The zero-order valence-electron chi connectivity index (χ0n) is 15.4. The van der Waals surface area contributed by atoms with Crippen molar-refractivity contribution in [2.45, 2.75) is 30.4 Å². The first kappa shape index (κ1) is 19.7. The number of halogens is 1. The van der Waals surface area contributed by atoms with Crippen molar-refractivity contribution in [3.05, 3.63) is 59.2 Å². The number of piperidine rings is 1. The summed E-state index contributed by atoms with van der Waals surface area (Å²) in [6.45, 7) is -1.06. The summed E-state index contributed by atoms with van der Waals surface area (Å²) in [7, 11) is 0. The number of hydrogen-bond acceptors (Lipinski definition) is 6. The van der Waals surface area contributed by atoms with Crippen LogP contribution >= 0.6 is 0 Å². The highest BCUT2D eigenvalue weighted by Crippen LogP contribution is 2.38. The highest BCUT2D eigenvalue weighted by Gasteiger charge is 2.42. The number of nitrogens with one attached hydrogen (secondary N) is 2. The minimum Gasteiger partial charge on any atom is -0.389 e. The highest BCUT2D eigenvalue weighted by atomic mass is 19.1. The van der Waals surface area contributed by atoms with E-state index in [9.17, 15) is 29.3 Å². The van der Waals surface area contributed by atoms with E-state index < -0.39 is 43.0 Å². The quantitative estimate of drug-likeness (QED) is 0.421. The third-order valence-electron chi connectivity index (χ3n) is 5.60. The van der Waals surface area contributed by atoms with Crippen LogP contribution in [0, 0.1) is 0 Å². The number of carbonyl (C=O) groups excluding carboxylic acids is 2. The summed E-state index contributed by atoms with van der Waals surface area (Å²) in [5.74, 6) is -0.748. The van der Waals surface area contributed by atoms with Crippen LogP contribution in [0.5, 0.6) is 0 Å². The molecular formula is C21H21FN2O5. The van der Waals surface area contributed by atoms with Crippen LogP contribution in [-0.4, -0.2) is 70.6 Å². The summed E-state index contributed by atoms with van der Waals surface area (Å²) in [5, 5.41) is 35.1. The molecule has 0 bridgehead atoms. The van der Waals surface area contributed by atoms with E-state index in [1.165, 1.54) is 0 Å². The van der Waals surface area contributed by atoms with Gasteiger partial charge >= 0.3 is 0 Å². The first-order valence-corrected chi connectivity index (χ1v) is 9.35. The van der Waals surface area contributed by atoms with Gasteiger partial charge in [-0.1, -0.05) is 36.4 Å².